The third-order valence-electron chi connectivity index (χ3n) is 1.75. The van der Waals surface area contributed by atoms with Gasteiger partial charge in [-0.15, -0.1) is 11.6 Å². The van der Waals surface area contributed by atoms with E-state index in [-0.39, 0.29) is 5.88 Å². The molecule has 0 N–H and O–H groups in total. The van der Waals surface area contributed by atoms with Crippen LogP contribution in [-0.4, -0.2) is 10.1 Å². The quantitative estimate of drug-likeness (QED) is 0.774. The number of aromatic nitrogens is 2. The summed E-state index contributed by atoms with van der Waals surface area (Å²) in [7, 11) is 0. The molecule has 0 bridgehead atoms. The van der Waals surface area contributed by atoms with Gasteiger partial charge in [-0.25, -0.2) is 0 Å². The van der Waals surface area contributed by atoms with Crippen LogP contribution in [0.15, 0.2) is 22.7 Å². The van der Waals surface area contributed by atoms with Crippen LogP contribution >= 0.6 is 34.8 Å². The van der Waals surface area contributed by atoms with Crippen LogP contribution in [0.4, 0.5) is 0 Å². The van der Waals surface area contributed by atoms with Crippen molar-refractivity contribution in [3.05, 3.63) is 34.1 Å². The zero-order valence-corrected chi connectivity index (χ0v) is 9.64. The maximum absolute atomic E-state index is 5.96. The van der Waals surface area contributed by atoms with Crippen LogP contribution in [0.1, 0.15) is 5.82 Å². The zero-order chi connectivity index (χ0) is 10.8. The van der Waals surface area contributed by atoms with Crippen LogP contribution in [-0.2, 0) is 5.88 Å². The lowest BCUT2D eigenvalue weighted by Crippen LogP contribution is -1.82. The summed E-state index contributed by atoms with van der Waals surface area (Å²) in [6.07, 6.45) is 0. The second kappa shape index (κ2) is 4.39. The standard InChI is InChI=1S/C9H5Cl3N2O/c10-4-8-13-9(15-14-8)6-3-5(11)1-2-7(6)12/h1-3H,4H2. The van der Waals surface area contributed by atoms with E-state index in [1.807, 2.05) is 0 Å². The zero-order valence-electron chi connectivity index (χ0n) is 7.38. The summed E-state index contributed by atoms with van der Waals surface area (Å²) in [4.78, 5) is 4.05. The minimum absolute atomic E-state index is 0.196. The summed E-state index contributed by atoms with van der Waals surface area (Å²) < 4.78 is 4.99. The van der Waals surface area contributed by atoms with Gasteiger partial charge in [0.05, 0.1) is 16.5 Å². The second-order valence-electron chi connectivity index (χ2n) is 2.77. The molecule has 0 aliphatic carbocycles. The topological polar surface area (TPSA) is 38.9 Å². The first kappa shape index (κ1) is 10.7. The highest BCUT2D eigenvalue weighted by atomic mass is 35.5. The largest absolute Gasteiger partial charge is 0.334 e. The van der Waals surface area contributed by atoms with Gasteiger partial charge < -0.3 is 4.52 Å². The lowest BCUT2D eigenvalue weighted by atomic mass is 10.2. The van der Waals surface area contributed by atoms with Gasteiger partial charge in [0.2, 0.25) is 0 Å². The molecule has 0 spiro atoms. The van der Waals surface area contributed by atoms with Crippen LogP contribution < -0.4 is 0 Å². The summed E-state index contributed by atoms with van der Waals surface area (Å²) in [5, 5.41) is 4.72. The van der Waals surface area contributed by atoms with Gasteiger partial charge in [-0.2, -0.15) is 4.98 Å². The van der Waals surface area contributed by atoms with Gasteiger partial charge in [0, 0.05) is 5.02 Å². The van der Waals surface area contributed by atoms with Gasteiger partial charge in [-0.05, 0) is 18.2 Å². The van der Waals surface area contributed by atoms with E-state index in [0.29, 0.717) is 27.3 Å². The van der Waals surface area contributed by atoms with Crippen LogP contribution in [0.2, 0.25) is 10.0 Å². The van der Waals surface area contributed by atoms with Gasteiger partial charge in [0.25, 0.3) is 5.89 Å². The Morgan fingerprint density at radius 3 is 2.73 bits per heavy atom. The molecule has 78 valence electrons. The minimum atomic E-state index is 0.196. The van der Waals surface area contributed by atoms with Crippen molar-refractivity contribution >= 4 is 34.8 Å². The van der Waals surface area contributed by atoms with Crippen molar-refractivity contribution in [1.82, 2.24) is 10.1 Å². The molecule has 0 atom stereocenters. The van der Waals surface area contributed by atoms with Crippen LogP contribution in [0.3, 0.4) is 0 Å². The third-order valence-corrected chi connectivity index (χ3v) is 2.55. The molecule has 1 heterocycles. The van der Waals surface area contributed by atoms with Gasteiger partial charge in [0.15, 0.2) is 5.82 Å². The molecular formula is C9H5Cl3N2O. The second-order valence-corrected chi connectivity index (χ2v) is 3.88. The van der Waals surface area contributed by atoms with Crippen molar-refractivity contribution in [2.24, 2.45) is 0 Å². The number of halogens is 3. The number of rotatable bonds is 2. The monoisotopic (exact) mass is 262 g/mol. The highest BCUT2D eigenvalue weighted by Crippen LogP contribution is 2.29. The highest BCUT2D eigenvalue weighted by Gasteiger charge is 2.12. The first-order valence-electron chi connectivity index (χ1n) is 4.04. The lowest BCUT2D eigenvalue weighted by Gasteiger charge is -1.98. The van der Waals surface area contributed by atoms with Gasteiger partial charge >= 0.3 is 0 Å². The van der Waals surface area contributed by atoms with Gasteiger partial charge in [0.1, 0.15) is 0 Å². The molecule has 1 aromatic carbocycles. The number of hydrogen-bond donors (Lipinski definition) is 0. The summed E-state index contributed by atoms with van der Waals surface area (Å²) in [5.41, 5.74) is 0.605. The van der Waals surface area contributed by atoms with Crippen molar-refractivity contribution in [3.8, 4) is 11.5 Å². The fourth-order valence-electron chi connectivity index (χ4n) is 1.08. The maximum Gasteiger partial charge on any atom is 0.259 e. The smallest absolute Gasteiger partial charge is 0.259 e. The Hall–Kier alpha value is -0.770. The first-order chi connectivity index (χ1) is 7.20. The summed E-state index contributed by atoms with van der Waals surface area (Å²) in [6.45, 7) is 0. The van der Waals surface area contributed by atoms with Crippen molar-refractivity contribution in [2.75, 3.05) is 0 Å². The Bertz CT molecular complexity index is 484. The molecule has 0 aliphatic heterocycles. The number of hydrogen-bond acceptors (Lipinski definition) is 3. The Morgan fingerprint density at radius 1 is 1.27 bits per heavy atom. The fourth-order valence-corrected chi connectivity index (χ4v) is 1.56. The molecule has 0 aliphatic rings. The van der Waals surface area contributed by atoms with Gasteiger partial charge in [-0.3, -0.25) is 0 Å². The minimum Gasteiger partial charge on any atom is -0.334 e. The summed E-state index contributed by atoms with van der Waals surface area (Å²) >= 11 is 17.4. The van der Waals surface area contributed by atoms with E-state index in [9.17, 15) is 0 Å². The summed E-state index contributed by atoms with van der Waals surface area (Å²) in [5.74, 6) is 0.933. The number of benzene rings is 1. The van der Waals surface area contributed by atoms with E-state index in [1.54, 1.807) is 18.2 Å². The van der Waals surface area contributed by atoms with E-state index < -0.39 is 0 Å². The van der Waals surface area contributed by atoms with E-state index in [4.69, 9.17) is 39.3 Å². The third kappa shape index (κ3) is 2.25. The molecule has 1 aromatic heterocycles. The maximum atomic E-state index is 5.96. The number of nitrogens with zero attached hydrogens (tertiary/aromatic N) is 2. The Morgan fingerprint density at radius 2 is 2.07 bits per heavy atom. The van der Waals surface area contributed by atoms with Crippen LogP contribution in [0.25, 0.3) is 11.5 Å². The molecule has 0 radical (unpaired) electrons. The van der Waals surface area contributed by atoms with E-state index in [0.717, 1.165) is 0 Å². The van der Waals surface area contributed by atoms with Gasteiger partial charge in [-0.1, -0.05) is 28.4 Å². The molecule has 0 fully saturated rings. The molecule has 15 heavy (non-hydrogen) atoms. The van der Waals surface area contributed by atoms with Crippen molar-refractivity contribution in [2.45, 2.75) is 5.88 Å². The van der Waals surface area contributed by atoms with Crippen molar-refractivity contribution in [3.63, 3.8) is 0 Å². The molecule has 0 saturated heterocycles. The molecular weight excluding hydrogens is 258 g/mol. The predicted octanol–water partition coefficient (Wildman–Crippen LogP) is 3.78. The first-order valence-corrected chi connectivity index (χ1v) is 5.33. The Balaban J connectivity index is 2.48. The Labute approximate surface area is 101 Å². The fraction of sp³-hybridized carbons (Fsp3) is 0.111. The molecule has 2 aromatic rings. The molecule has 0 saturated carbocycles. The molecule has 0 amide bonds. The van der Waals surface area contributed by atoms with Crippen molar-refractivity contribution < 1.29 is 4.52 Å². The van der Waals surface area contributed by atoms with E-state index in [1.165, 1.54) is 0 Å². The van der Waals surface area contributed by atoms with E-state index in [2.05, 4.69) is 10.1 Å². The average Bonchev–Trinajstić information content (AvgIpc) is 2.70. The average molecular weight is 264 g/mol. The summed E-state index contributed by atoms with van der Waals surface area (Å²) in [6, 6.07) is 5.02. The molecule has 6 heteroatoms. The van der Waals surface area contributed by atoms with Crippen LogP contribution in [0, 0.1) is 0 Å². The van der Waals surface area contributed by atoms with Crippen LogP contribution in [0.5, 0.6) is 0 Å². The number of alkyl halides is 1. The lowest BCUT2D eigenvalue weighted by molar-refractivity contribution is 0.425. The molecule has 2 rings (SSSR count). The normalized spacial score (nSPS) is 10.6. The SMILES string of the molecule is ClCc1noc(-c2cc(Cl)ccc2Cl)n1. The molecule has 3 nitrogen and oxygen atoms in total. The van der Waals surface area contributed by atoms with Crippen molar-refractivity contribution in [1.29, 1.82) is 0 Å². The highest BCUT2D eigenvalue weighted by molar-refractivity contribution is 6.35. The van der Waals surface area contributed by atoms with E-state index >= 15 is 0 Å². The Kier molecular flexibility index (Phi) is 3.14. The predicted molar refractivity (Wildman–Crippen MR) is 59.3 cm³/mol. The molecule has 0 unspecified atom stereocenters.